The molecular formula is C18H24N2O5. The minimum Gasteiger partial charge on any atom is -0.496 e. The van der Waals surface area contributed by atoms with Crippen LogP contribution in [0.25, 0.3) is 0 Å². The van der Waals surface area contributed by atoms with Crippen molar-refractivity contribution in [3.63, 3.8) is 0 Å². The van der Waals surface area contributed by atoms with Crippen LogP contribution in [0.2, 0.25) is 0 Å². The van der Waals surface area contributed by atoms with E-state index >= 15 is 0 Å². The molecule has 1 aromatic heterocycles. The van der Waals surface area contributed by atoms with Crippen LogP contribution < -0.4 is 14.8 Å². The Morgan fingerprint density at radius 3 is 2.48 bits per heavy atom. The summed E-state index contributed by atoms with van der Waals surface area (Å²) in [5, 5.41) is 16.0. The van der Waals surface area contributed by atoms with Crippen LogP contribution in [0.3, 0.4) is 0 Å². The SMILES string of the molecule is CCC(C)(CCO)c1cc(NC(=O)c2c(OC)cccc2OC)on1. The zero-order valence-electron chi connectivity index (χ0n) is 15.0. The van der Waals surface area contributed by atoms with Gasteiger partial charge in [-0.1, -0.05) is 25.1 Å². The Kier molecular flexibility index (Phi) is 6.03. The molecule has 0 saturated carbocycles. The normalized spacial score (nSPS) is 13.2. The highest BCUT2D eigenvalue weighted by Gasteiger charge is 2.29. The van der Waals surface area contributed by atoms with Crippen molar-refractivity contribution >= 4 is 11.8 Å². The first-order valence-corrected chi connectivity index (χ1v) is 8.09. The van der Waals surface area contributed by atoms with Crippen molar-refractivity contribution in [1.82, 2.24) is 5.16 Å². The molecule has 1 unspecified atom stereocenters. The molecule has 1 amide bonds. The number of aliphatic hydroxyl groups is 1. The molecule has 0 aliphatic heterocycles. The first-order valence-electron chi connectivity index (χ1n) is 8.09. The van der Waals surface area contributed by atoms with Crippen LogP contribution in [0, 0.1) is 0 Å². The van der Waals surface area contributed by atoms with Gasteiger partial charge in [-0.15, -0.1) is 0 Å². The second-order valence-electron chi connectivity index (χ2n) is 5.96. The number of rotatable bonds is 8. The average molecular weight is 348 g/mol. The molecule has 0 fully saturated rings. The molecule has 25 heavy (non-hydrogen) atoms. The minimum absolute atomic E-state index is 0.0529. The van der Waals surface area contributed by atoms with Crippen molar-refractivity contribution in [2.45, 2.75) is 32.1 Å². The molecule has 1 atom stereocenters. The van der Waals surface area contributed by atoms with Crippen molar-refractivity contribution in [1.29, 1.82) is 0 Å². The third kappa shape index (κ3) is 3.93. The van der Waals surface area contributed by atoms with Crippen molar-refractivity contribution in [2.75, 3.05) is 26.1 Å². The minimum atomic E-state index is -0.419. The van der Waals surface area contributed by atoms with Gasteiger partial charge >= 0.3 is 0 Å². The molecule has 0 aliphatic rings. The lowest BCUT2D eigenvalue weighted by Gasteiger charge is -2.24. The fourth-order valence-electron chi connectivity index (χ4n) is 2.60. The molecule has 7 heteroatoms. The molecule has 0 radical (unpaired) electrons. The highest BCUT2D eigenvalue weighted by atomic mass is 16.5. The number of aliphatic hydroxyl groups excluding tert-OH is 1. The van der Waals surface area contributed by atoms with Crippen LogP contribution in [-0.2, 0) is 5.41 Å². The Morgan fingerprint density at radius 1 is 1.32 bits per heavy atom. The lowest BCUT2D eigenvalue weighted by atomic mass is 9.81. The number of benzene rings is 1. The van der Waals surface area contributed by atoms with Gasteiger partial charge in [0, 0.05) is 18.1 Å². The molecule has 0 bridgehead atoms. The van der Waals surface area contributed by atoms with Gasteiger partial charge in [-0.2, -0.15) is 0 Å². The Labute approximate surface area is 146 Å². The fourth-order valence-corrected chi connectivity index (χ4v) is 2.60. The van der Waals surface area contributed by atoms with Crippen molar-refractivity contribution < 1.29 is 23.9 Å². The lowest BCUT2D eigenvalue weighted by molar-refractivity contribution is 0.101. The van der Waals surface area contributed by atoms with E-state index in [4.69, 9.17) is 14.0 Å². The second kappa shape index (κ2) is 8.02. The summed E-state index contributed by atoms with van der Waals surface area (Å²) in [6.07, 6.45) is 1.34. The molecule has 0 spiro atoms. The van der Waals surface area contributed by atoms with E-state index in [1.54, 1.807) is 24.3 Å². The van der Waals surface area contributed by atoms with Crippen LogP contribution >= 0.6 is 0 Å². The van der Waals surface area contributed by atoms with Gasteiger partial charge in [-0.3, -0.25) is 10.1 Å². The Hall–Kier alpha value is -2.54. The summed E-state index contributed by atoms with van der Waals surface area (Å²) < 4.78 is 15.7. The maximum Gasteiger partial charge on any atom is 0.265 e. The van der Waals surface area contributed by atoms with E-state index in [2.05, 4.69) is 10.5 Å². The molecule has 0 aliphatic carbocycles. The van der Waals surface area contributed by atoms with E-state index in [0.29, 0.717) is 23.6 Å². The fraction of sp³-hybridized carbons (Fsp3) is 0.444. The van der Waals surface area contributed by atoms with Gasteiger partial charge in [0.2, 0.25) is 5.88 Å². The van der Waals surface area contributed by atoms with Gasteiger partial charge in [0.15, 0.2) is 0 Å². The molecule has 0 saturated heterocycles. The molecule has 2 N–H and O–H groups in total. The molecule has 136 valence electrons. The quantitative estimate of drug-likeness (QED) is 0.762. The van der Waals surface area contributed by atoms with Crippen LogP contribution in [0.1, 0.15) is 42.7 Å². The number of nitrogens with zero attached hydrogens (tertiary/aromatic N) is 1. The third-order valence-electron chi connectivity index (χ3n) is 4.46. The molecule has 1 heterocycles. The summed E-state index contributed by atoms with van der Waals surface area (Å²) in [6.45, 7) is 4.07. The number of hydrogen-bond acceptors (Lipinski definition) is 6. The largest absolute Gasteiger partial charge is 0.496 e. The second-order valence-corrected chi connectivity index (χ2v) is 5.96. The van der Waals surface area contributed by atoms with E-state index in [0.717, 1.165) is 6.42 Å². The predicted octanol–water partition coefficient (Wildman–Crippen LogP) is 2.99. The van der Waals surface area contributed by atoms with E-state index < -0.39 is 5.91 Å². The number of amides is 1. The summed E-state index contributed by atoms with van der Waals surface area (Å²) in [5.74, 6) is 0.605. The zero-order chi connectivity index (χ0) is 18.4. The Morgan fingerprint density at radius 2 is 1.96 bits per heavy atom. The molecule has 2 aromatic rings. The van der Waals surface area contributed by atoms with Gasteiger partial charge in [0.25, 0.3) is 5.91 Å². The van der Waals surface area contributed by atoms with Gasteiger partial charge in [-0.05, 0) is 25.0 Å². The maximum atomic E-state index is 12.6. The number of methoxy groups -OCH3 is 2. The maximum absolute atomic E-state index is 12.6. The summed E-state index contributed by atoms with van der Waals surface area (Å²) in [6, 6.07) is 6.78. The predicted molar refractivity (Wildman–Crippen MR) is 93.3 cm³/mol. The average Bonchev–Trinajstić information content (AvgIpc) is 3.10. The highest BCUT2D eigenvalue weighted by molar-refractivity contribution is 6.07. The highest BCUT2D eigenvalue weighted by Crippen LogP contribution is 2.33. The Bertz CT molecular complexity index is 706. The van der Waals surface area contributed by atoms with E-state index in [-0.39, 0.29) is 23.5 Å². The van der Waals surface area contributed by atoms with E-state index in [1.807, 2.05) is 13.8 Å². The number of carbonyl (C=O) groups is 1. The summed E-state index contributed by atoms with van der Waals surface area (Å²) in [5.41, 5.74) is 0.647. The van der Waals surface area contributed by atoms with Gasteiger partial charge in [-0.25, -0.2) is 0 Å². The topological polar surface area (TPSA) is 93.8 Å². The summed E-state index contributed by atoms with van der Waals surface area (Å²) >= 11 is 0. The summed E-state index contributed by atoms with van der Waals surface area (Å²) in [4.78, 5) is 12.6. The lowest BCUT2D eigenvalue weighted by Crippen LogP contribution is -2.22. The van der Waals surface area contributed by atoms with E-state index in [1.165, 1.54) is 14.2 Å². The summed E-state index contributed by atoms with van der Waals surface area (Å²) in [7, 11) is 2.97. The monoisotopic (exact) mass is 348 g/mol. The van der Waals surface area contributed by atoms with Gasteiger partial charge in [0.05, 0.1) is 19.9 Å². The number of anilines is 1. The number of aromatic nitrogens is 1. The van der Waals surface area contributed by atoms with Crippen molar-refractivity contribution in [3.8, 4) is 11.5 Å². The van der Waals surface area contributed by atoms with Gasteiger partial charge < -0.3 is 19.1 Å². The third-order valence-corrected chi connectivity index (χ3v) is 4.46. The number of nitrogens with one attached hydrogen (secondary N) is 1. The van der Waals surface area contributed by atoms with E-state index in [9.17, 15) is 9.90 Å². The van der Waals surface area contributed by atoms with Crippen LogP contribution in [0.4, 0.5) is 5.88 Å². The standard InChI is InChI=1S/C18H24N2O5/c1-5-18(2,9-10-21)14-11-15(25-20-14)19-17(22)16-12(23-3)7-6-8-13(16)24-4/h6-8,11,21H,5,9-10H2,1-4H3,(H,19,22). The van der Waals surface area contributed by atoms with Crippen LogP contribution in [-0.4, -0.2) is 37.0 Å². The first kappa shape index (κ1) is 18.8. The van der Waals surface area contributed by atoms with Crippen LogP contribution in [0.5, 0.6) is 11.5 Å². The first-order chi connectivity index (χ1) is 12.0. The molecular weight excluding hydrogens is 324 g/mol. The smallest absolute Gasteiger partial charge is 0.265 e. The number of ether oxygens (including phenoxy) is 2. The number of carbonyl (C=O) groups excluding carboxylic acids is 1. The van der Waals surface area contributed by atoms with Crippen molar-refractivity contribution in [2.24, 2.45) is 0 Å². The van der Waals surface area contributed by atoms with Crippen molar-refractivity contribution in [3.05, 3.63) is 35.5 Å². The zero-order valence-corrected chi connectivity index (χ0v) is 15.0. The molecule has 2 rings (SSSR count). The number of hydrogen-bond donors (Lipinski definition) is 2. The Balaban J connectivity index is 2.26. The molecule has 7 nitrogen and oxygen atoms in total. The van der Waals surface area contributed by atoms with Crippen LogP contribution in [0.15, 0.2) is 28.8 Å². The molecule has 1 aromatic carbocycles. The van der Waals surface area contributed by atoms with Gasteiger partial charge in [0.1, 0.15) is 17.1 Å².